The summed E-state index contributed by atoms with van der Waals surface area (Å²) in [5.41, 5.74) is 1.32. The summed E-state index contributed by atoms with van der Waals surface area (Å²) in [7, 11) is 1.95. The number of pyridine rings is 1. The average molecular weight is 309 g/mol. The molecule has 1 aromatic carbocycles. The second kappa shape index (κ2) is 6.06. The van der Waals surface area contributed by atoms with E-state index in [-0.39, 0.29) is 6.10 Å². The highest BCUT2D eigenvalue weighted by Gasteiger charge is 2.25. The van der Waals surface area contributed by atoms with Gasteiger partial charge in [-0.3, -0.25) is 9.88 Å². The molecule has 6 nitrogen and oxygen atoms in total. The van der Waals surface area contributed by atoms with Crippen LogP contribution in [0.1, 0.15) is 17.5 Å². The van der Waals surface area contributed by atoms with Crippen molar-refractivity contribution >= 4 is 10.8 Å². The lowest BCUT2D eigenvalue weighted by Gasteiger charge is -2.32. The lowest BCUT2D eigenvalue weighted by atomic mass is 10.1. The SMILES string of the molecule is Cn1cnnc1[C@@H]1CN(Cc2cccc3cnccc23)CCO1. The maximum absolute atomic E-state index is 5.88. The van der Waals surface area contributed by atoms with E-state index in [2.05, 4.69) is 44.3 Å². The Labute approximate surface area is 134 Å². The number of fused-ring (bicyclic) bond motifs is 1. The van der Waals surface area contributed by atoms with Crippen molar-refractivity contribution in [2.75, 3.05) is 19.7 Å². The van der Waals surface area contributed by atoms with Gasteiger partial charge in [0, 0.05) is 44.5 Å². The lowest BCUT2D eigenvalue weighted by Crippen LogP contribution is -2.38. The van der Waals surface area contributed by atoms with Gasteiger partial charge in [-0.25, -0.2) is 0 Å². The third-order valence-electron chi connectivity index (χ3n) is 4.35. The van der Waals surface area contributed by atoms with Crippen LogP contribution in [0.2, 0.25) is 0 Å². The molecule has 118 valence electrons. The number of hydrogen-bond donors (Lipinski definition) is 0. The summed E-state index contributed by atoms with van der Waals surface area (Å²) in [6.07, 6.45) is 5.47. The largest absolute Gasteiger partial charge is 0.368 e. The van der Waals surface area contributed by atoms with Gasteiger partial charge in [0.25, 0.3) is 0 Å². The fourth-order valence-electron chi connectivity index (χ4n) is 3.15. The molecule has 1 saturated heterocycles. The molecule has 1 aliphatic rings. The highest BCUT2D eigenvalue weighted by atomic mass is 16.5. The molecule has 4 rings (SSSR count). The summed E-state index contributed by atoms with van der Waals surface area (Å²) in [6.45, 7) is 3.37. The molecule has 1 aliphatic heterocycles. The summed E-state index contributed by atoms with van der Waals surface area (Å²) in [6, 6.07) is 8.48. The van der Waals surface area contributed by atoms with Crippen molar-refractivity contribution in [2.45, 2.75) is 12.6 Å². The third-order valence-corrected chi connectivity index (χ3v) is 4.35. The minimum absolute atomic E-state index is 0.0205. The molecular formula is C17H19N5O. The summed E-state index contributed by atoms with van der Waals surface area (Å²) in [5.74, 6) is 0.886. The molecule has 3 aromatic rings. The van der Waals surface area contributed by atoms with Crippen molar-refractivity contribution in [3.63, 3.8) is 0 Å². The van der Waals surface area contributed by atoms with E-state index in [0.717, 1.165) is 25.5 Å². The van der Waals surface area contributed by atoms with Gasteiger partial charge in [-0.2, -0.15) is 0 Å². The Morgan fingerprint density at radius 1 is 1.30 bits per heavy atom. The molecule has 0 saturated carbocycles. The molecule has 1 fully saturated rings. The predicted molar refractivity (Wildman–Crippen MR) is 86.7 cm³/mol. The molecule has 0 unspecified atom stereocenters. The van der Waals surface area contributed by atoms with Gasteiger partial charge in [0.2, 0.25) is 0 Å². The van der Waals surface area contributed by atoms with Gasteiger partial charge in [0.15, 0.2) is 5.82 Å². The molecule has 0 N–H and O–H groups in total. The first-order valence-corrected chi connectivity index (χ1v) is 7.81. The van der Waals surface area contributed by atoms with Crippen molar-refractivity contribution in [1.82, 2.24) is 24.6 Å². The van der Waals surface area contributed by atoms with Crippen LogP contribution in [0.25, 0.3) is 10.8 Å². The Morgan fingerprint density at radius 2 is 2.26 bits per heavy atom. The Kier molecular flexibility index (Phi) is 3.77. The summed E-state index contributed by atoms with van der Waals surface area (Å²) in [4.78, 5) is 6.62. The van der Waals surface area contributed by atoms with Crippen LogP contribution >= 0.6 is 0 Å². The summed E-state index contributed by atoms with van der Waals surface area (Å²) in [5, 5.41) is 10.6. The zero-order valence-corrected chi connectivity index (χ0v) is 13.1. The Bertz CT molecular complexity index is 810. The fraction of sp³-hybridized carbons (Fsp3) is 0.353. The molecule has 0 radical (unpaired) electrons. The quantitative estimate of drug-likeness (QED) is 0.740. The zero-order valence-electron chi connectivity index (χ0n) is 13.1. The first-order chi connectivity index (χ1) is 11.3. The molecule has 0 amide bonds. The Hall–Kier alpha value is -2.31. The number of morpholine rings is 1. The number of aromatic nitrogens is 4. The van der Waals surface area contributed by atoms with Crippen molar-refractivity contribution in [3.05, 3.63) is 54.4 Å². The number of benzene rings is 1. The fourth-order valence-corrected chi connectivity index (χ4v) is 3.15. The maximum Gasteiger partial charge on any atom is 0.163 e. The van der Waals surface area contributed by atoms with Gasteiger partial charge < -0.3 is 9.30 Å². The molecule has 0 spiro atoms. The van der Waals surface area contributed by atoms with Gasteiger partial charge in [-0.05, 0) is 17.0 Å². The van der Waals surface area contributed by atoms with Crippen LogP contribution in [-0.2, 0) is 18.3 Å². The van der Waals surface area contributed by atoms with E-state index in [1.54, 1.807) is 6.33 Å². The number of nitrogens with zero attached hydrogens (tertiary/aromatic N) is 5. The van der Waals surface area contributed by atoms with Crippen molar-refractivity contribution in [2.24, 2.45) is 7.05 Å². The first-order valence-electron chi connectivity index (χ1n) is 7.81. The van der Waals surface area contributed by atoms with E-state index in [4.69, 9.17) is 4.74 Å². The van der Waals surface area contributed by atoms with Crippen molar-refractivity contribution in [3.8, 4) is 0 Å². The van der Waals surface area contributed by atoms with Crippen LogP contribution in [-0.4, -0.2) is 44.3 Å². The van der Waals surface area contributed by atoms with Crippen LogP contribution in [0.3, 0.4) is 0 Å². The monoisotopic (exact) mass is 309 g/mol. The number of rotatable bonds is 3. The number of ether oxygens (including phenoxy) is 1. The van der Waals surface area contributed by atoms with Crippen LogP contribution in [0.5, 0.6) is 0 Å². The van der Waals surface area contributed by atoms with Gasteiger partial charge in [-0.15, -0.1) is 10.2 Å². The number of aryl methyl sites for hydroxylation is 1. The van der Waals surface area contributed by atoms with Crippen molar-refractivity contribution in [1.29, 1.82) is 0 Å². The highest BCUT2D eigenvalue weighted by Crippen LogP contribution is 2.24. The minimum atomic E-state index is -0.0205. The average Bonchev–Trinajstić information content (AvgIpc) is 3.02. The Balaban J connectivity index is 1.55. The van der Waals surface area contributed by atoms with E-state index in [0.29, 0.717) is 6.61 Å². The molecule has 0 aliphatic carbocycles. The summed E-state index contributed by atoms with van der Waals surface area (Å²) >= 11 is 0. The highest BCUT2D eigenvalue weighted by molar-refractivity contribution is 5.84. The molecule has 1 atom stereocenters. The van der Waals surface area contributed by atoms with Gasteiger partial charge in [-0.1, -0.05) is 18.2 Å². The van der Waals surface area contributed by atoms with Crippen LogP contribution in [0, 0.1) is 0 Å². The van der Waals surface area contributed by atoms with Crippen LogP contribution < -0.4 is 0 Å². The predicted octanol–water partition coefficient (Wildman–Crippen LogP) is 1.94. The lowest BCUT2D eigenvalue weighted by molar-refractivity contribution is -0.0384. The molecule has 3 heterocycles. The van der Waals surface area contributed by atoms with E-state index >= 15 is 0 Å². The normalized spacial score (nSPS) is 19.3. The zero-order chi connectivity index (χ0) is 15.6. The van der Waals surface area contributed by atoms with E-state index < -0.39 is 0 Å². The molecule has 2 aromatic heterocycles. The van der Waals surface area contributed by atoms with E-state index in [1.165, 1.54) is 16.3 Å². The van der Waals surface area contributed by atoms with Gasteiger partial charge in [0.05, 0.1) is 6.61 Å². The molecule has 6 heteroatoms. The second-order valence-corrected chi connectivity index (χ2v) is 5.91. The maximum atomic E-state index is 5.88. The Morgan fingerprint density at radius 3 is 3.13 bits per heavy atom. The molecule has 0 bridgehead atoms. The van der Waals surface area contributed by atoms with Gasteiger partial charge in [0.1, 0.15) is 12.4 Å². The topological polar surface area (TPSA) is 56.1 Å². The molecule has 23 heavy (non-hydrogen) atoms. The van der Waals surface area contributed by atoms with Gasteiger partial charge >= 0.3 is 0 Å². The van der Waals surface area contributed by atoms with E-state index in [1.807, 2.05) is 24.0 Å². The third kappa shape index (κ3) is 2.83. The van der Waals surface area contributed by atoms with E-state index in [9.17, 15) is 0 Å². The van der Waals surface area contributed by atoms with Crippen LogP contribution in [0.4, 0.5) is 0 Å². The molecular weight excluding hydrogens is 290 g/mol. The first kappa shape index (κ1) is 14.3. The smallest absolute Gasteiger partial charge is 0.163 e. The minimum Gasteiger partial charge on any atom is -0.368 e. The second-order valence-electron chi connectivity index (χ2n) is 5.91. The standard InChI is InChI=1S/C17H19N5O/c1-21-12-19-20-17(21)16-11-22(7-8-23-16)10-14-4-2-3-13-9-18-6-5-15(13)14/h2-6,9,12,16H,7-8,10-11H2,1H3/t16-/m0/s1. The van der Waals surface area contributed by atoms with Crippen LogP contribution in [0.15, 0.2) is 43.0 Å². The number of hydrogen-bond acceptors (Lipinski definition) is 5. The van der Waals surface area contributed by atoms with Crippen molar-refractivity contribution < 1.29 is 4.74 Å². The summed E-state index contributed by atoms with van der Waals surface area (Å²) < 4.78 is 7.81.